The summed E-state index contributed by atoms with van der Waals surface area (Å²) in [6.07, 6.45) is 9.97. The summed E-state index contributed by atoms with van der Waals surface area (Å²) in [5.74, 6) is -0.286. The van der Waals surface area contributed by atoms with Crippen LogP contribution in [-0.2, 0) is 27.5 Å². The molecule has 13 nitrogen and oxygen atoms in total. The number of aliphatic hydroxyl groups is 2. The first-order chi connectivity index (χ1) is 31.2. The number of oxime groups is 1. The van der Waals surface area contributed by atoms with E-state index < -0.39 is 28.8 Å². The molecule has 2 aliphatic carbocycles. The Labute approximate surface area is 378 Å². The minimum Gasteiger partial charge on any atom is -0.459 e. The molecule has 0 bridgehead atoms. The zero-order chi connectivity index (χ0) is 45.1. The summed E-state index contributed by atoms with van der Waals surface area (Å²) in [5.41, 5.74) is 3.91. The van der Waals surface area contributed by atoms with Gasteiger partial charge in [0.2, 0.25) is 5.79 Å². The molecule has 3 aliphatic rings. The van der Waals surface area contributed by atoms with E-state index in [-0.39, 0.29) is 62.9 Å². The van der Waals surface area contributed by atoms with Gasteiger partial charge in [-0.15, -0.1) is 18.3 Å². The summed E-state index contributed by atoms with van der Waals surface area (Å²) in [6.45, 7) is 4.36. The van der Waals surface area contributed by atoms with Crippen molar-refractivity contribution in [3.05, 3.63) is 148 Å². The molecule has 6 unspecified atom stereocenters. The lowest BCUT2D eigenvalue weighted by Gasteiger charge is -2.59. The van der Waals surface area contributed by atoms with E-state index in [4.69, 9.17) is 28.9 Å². The molecule has 1 fully saturated rings. The van der Waals surface area contributed by atoms with Gasteiger partial charge in [0.1, 0.15) is 36.5 Å². The second-order valence-electron chi connectivity index (χ2n) is 16.4. The molecule has 0 aromatic heterocycles. The summed E-state index contributed by atoms with van der Waals surface area (Å²) in [5, 5.41) is 36.0. The van der Waals surface area contributed by atoms with Gasteiger partial charge < -0.3 is 38.9 Å². The van der Waals surface area contributed by atoms with Crippen LogP contribution in [0.1, 0.15) is 67.6 Å². The lowest BCUT2D eigenvalue weighted by Crippen LogP contribution is -2.69. The van der Waals surface area contributed by atoms with Crippen LogP contribution in [0.15, 0.2) is 131 Å². The maximum atomic E-state index is 14.3. The third-order valence-electron chi connectivity index (χ3n) is 12.5. The molecule has 1 saturated carbocycles. The van der Waals surface area contributed by atoms with Crippen molar-refractivity contribution in [2.75, 3.05) is 33.1 Å². The summed E-state index contributed by atoms with van der Waals surface area (Å²) in [6, 6.07) is 28.6. The Morgan fingerprint density at radius 2 is 1.66 bits per heavy atom. The lowest BCUT2D eigenvalue weighted by molar-refractivity contribution is -0.384. The van der Waals surface area contributed by atoms with Crippen LogP contribution in [0.3, 0.4) is 0 Å². The number of unbranched alkanes of at least 4 members (excludes halogenated alkanes) is 2. The molecule has 1 aliphatic heterocycles. The fourth-order valence-corrected chi connectivity index (χ4v) is 9.83. The number of aliphatic hydroxyl groups excluding tert-OH is 2. The zero-order valence-corrected chi connectivity index (χ0v) is 37.2. The molecule has 0 saturated heterocycles. The third-order valence-corrected chi connectivity index (χ3v) is 13.2. The van der Waals surface area contributed by atoms with Crippen molar-refractivity contribution in [3.8, 4) is 17.2 Å². The number of amides is 1. The number of non-ortho nitro benzene ring substituents is 1. The number of hydrogen-bond acceptors (Lipinski definition) is 12. The molecule has 0 radical (unpaired) electrons. The summed E-state index contributed by atoms with van der Waals surface area (Å²) >= 11 is 1.66. The van der Waals surface area contributed by atoms with E-state index in [0.717, 1.165) is 47.3 Å². The molecule has 1 amide bonds. The topological polar surface area (TPSA) is 162 Å². The van der Waals surface area contributed by atoms with Crippen LogP contribution in [-0.4, -0.2) is 76.8 Å². The predicted molar refractivity (Wildman–Crippen MR) is 246 cm³/mol. The van der Waals surface area contributed by atoms with Crippen molar-refractivity contribution >= 4 is 29.3 Å². The van der Waals surface area contributed by atoms with Gasteiger partial charge in [-0.05, 0) is 115 Å². The molecule has 1 heterocycles. The smallest absolute Gasteiger partial charge is 0.410 e. The highest BCUT2D eigenvalue weighted by Gasteiger charge is 2.65. The molecule has 2 N–H and O–H groups in total. The van der Waals surface area contributed by atoms with Crippen LogP contribution in [0.2, 0.25) is 0 Å². The number of rotatable bonds is 21. The van der Waals surface area contributed by atoms with Crippen LogP contribution < -0.4 is 9.47 Å². The van der Waals surface area contributed by atoms with E-state index in [1.807, 2.05) is 73.0 Å². The molecule has 64 heavy (non-hydrogen) atoms. The van der Waals surface area contributed by atoms with Crippen molar-refractivity contribution in [2.24, 2.45) is 22.9 Å². The fraction of sp³-hybridized carbons (Fsp3) is 0.400. The van der Waals surface area contributed by atoms with Crippen LogP contribution in [0.5, 0.6) is 17.2 Å². The third kappa shape index (κ3) is 10.5. The lowest BCUT2D eigenvalue weighted by atomic mass is 9.55. The molecule has 4 aromatic rings. The number of ether oxygens (including phenoxy) is 4. The Balaban J connectivity index is 1.37. The summed E-state index contributed by atoms with van der Waals surface area (Å²) in [7, 11) is 1.69. The second-order valence-corrected chi connectivity index (χ2v) is 17.3. The van der Waals surface area contributed by atoms with Gasteiger partial charge in [0.25, 0.3) is 5.69 Å². The van der Waals surface area contributed by atoms with Crippen LogP contribution in [0.25, 0.3) is 0 Å². The number of benzene rings is 4. The Morgan fingerprint density at radius 1 is 0.953 bits per heavy atom. The van der Waals surface area contributed by atoms with Crippen LogP contribution >= 0.6 is 11.8 Å². The van der Waals surface area contributed by atoms with E-state index in [1.54, 1.807) is 41.9 Å². The van der Waals surface area contributed by atoms with E-state index >= 15 is 0 Å². The first kappa shape index (κ1) is 46.3. The van der Waals surface area contributed by atoms with Gasteiger partial charge >= 0.3 is 6.09 Å². The molecule has 6 atom stereocenters. The Kier molecular flexibility index (Phi) is 15.8. The van der Waals surface area contributed by atoms with Crippen LogP contribution in [0, 0.1) is 27.9 Å². The van der Waals surface area contributed by atoms with Gasteiger partial charge in [0.05, 0.1) is 23.2 Å². The Bertz CT molecular complexity index is 2270. The Morgan fingerprint density at radius 3 is 2.34 bits per heavy atom. The van der Waals surface area contributed by atoms with Gasteiger partial charge in [-0.3, -0.25) is 10.1 Å². The number of carbonyl (C=O) groups excluding carboxylic acids is 1. The summed E-state index contributed by atoms with van der Waals surface area (Å²) in [4.78, 5) is 33.9. The van der Waals surface area contributed by atoms with Crippen molar-refractivity contribution in [2.45, 2.75) is 80.8 Å². The van der Waals surface area contributed by atoms with E-state index in [1.165, 1.54) is 12.1 Å². The van der Waals surface area contributed by atoms with Crippen molar-refractivity contribution in [3.63, 3.8) is 0 Å². The average Bonchev–Trinajstić information content (AvgIpc) is 3.32. The predicted octanol–water partition coefficient (Wildman–Crippen LogP) is 10.2. The minimum atomic E-state index is -1.46. The maximum absolute atomic E-state index is 14.3. The summed E-state index contributed by atoms with van der Waals surface area (Å²) < 4.78 is 26.7. The Hall–Kier alpha value is -5.67. The SMILES string of the molecule is C=CCOC12Oc3ccc(Oc4ccc(SC)cc4)cc3C3C(CCCCO)C(CCCCO)C=C(C(=NOCc4ccc([N+](=O)[O-])cc4)CC1N(C)C(=O)OCc1ccccc1)C32. The minimum absolute atomic E-state index is 0.0147. The van der Waals surface area contributed by atoms with Gasteiger partial charge in [-0.2, -0.15) is 0 Å². The van der Waals surface area contributed by atoms with E-state index in [2.05, 4.69) is 18.7 Å². The zero-order valence-electron chi connectivity index (χ0n) is 36.4. The monoisotopic (exact) mass is 891 g/mol. The number of nitro groups is 1. The number of carbonyl (C=O) groups is 1. The number of thioether (sulfide) groups is 1. The first-order valence-corrected chi connectivity index (χ1v) is 23.1. The standard InChI is InChI=1S/C50H57N3O10S/c1-4-28-60-50-46(52(2)49(56)59-32-34-12-6-5-7-13-34)31-44(51-61-33-35-16-18-37(19-17-35)53(57)58)42-29-36(14-8-10-26-54)41(15-9-11-27-55)47(48(42)50)43-30-39(22-25-45(43)63-50)62-38-20-23-40(64-3)24-21-38/h4-7,12-13,16-25,29-30,36,41,46-48,54-55H,1,8-11,14-15,26-28,31-33H2,2-3H3. The molecule has 0 spiro atoms. The number of nitrogens with zero attached hydrogens (tertiary/aromatic N) is 3. The molecule has 4 aromatic carbocycles. The van der Waals surface area contributed by atoms with Gasteiger partial charge in [0, 0.05) is 55.2 Å². The maximum Gasteiger partial charge on any atom is 0.410 e. The number of hydrogen-bond donors (Lipinski definition) is 2. The van der Waals surface area contributed by atoms with E-state index in [0.29, 0.717) is 41.4 Å². The first-order valence-electron chi connectivity index (χ1n) is 21.9. The normalized spacial score (nSPS) is 22.6. The highest BCUT2D eigenvalue weighted by molar-refractivity contribution is 7.98. The highest BCUT2D eigenvalue weighted by Crippen LogP contribution is 2.62. The molecule has 14 heteroatoms. The molecule has 338 valence electrons. The van der Waals surface area contributed by atoms with Crippen molar-refractivity contribution < 1.29 is 43.7 Å². The van der Waals surface area contributed by atoms with Gasteiger partial charge in [-0.1, -0.05) is 60.5 Å². The number of fused-ring (bicyclic) bond motifs is 2. The van der Waals surface area contributed by atoms with E-state index in [9.17, 15) is 25.1 Å². The molecular formula is C50H57N3O10S. The largest absolute Gasteiger partial charge is 0.459 e. The fourth-order valence-electron chi connectivity index (χ4n) is 9.42. The van der Waals surface area contributed by atoms with Crippen molar-refractivity contribution in [1.29, 1.82) is 0 Å². The average molecular weight is 892 g/mol. The second kappa shape index (κ2) is 21.8. The highest BCUT2D eigenvalue weighted by atomic mass is 32.2. The molecule has 7 rings (SSSR count). The quantitative estimate of drug-likeness (QED) is 0.0269. The number of likely N-dealkylation sites (N-methyl/N-ethyl adjacent to an activating group) is 1. The van der Waals surface area contributed by atoms with Crippen LogP contribution in [0.4, 0.5) is 10.5 Å². The van der Waals surface area contributed by atoms with Crippen molar-refractivity contribution in [1.82, 2.24) is 4.90 Å². The number of nitro benzene ring substituents is 1. The van der Waals surface area contributed by atoms with Gasteiger partial charge in [0.15, 0.2) is 0 Å². The van der Waals surface area contributed by atoms with Gasteiger partial charge in [-0.25, -0.2) is 4.79 Å². The number of allylic oxidation sites excluding steroid dienone is 1. The molecular weight excluding hydrogens is 835 g/mol.